The third-order valence-corrected chi connectivity index (χ3v) is 6.24. The molecule has 7 nitrogen and oxygen atoms in total. The van der Waals surface area contributed by atoms with Crippen molar-refractivity contribution in [3.63, 3.8) is 0 Å². The van der Waals surface area contributed by atoms with Gasteiger partial charge in [-0.2, -0.15) is 0 Å². The number of ether oxygens (including phenoxy) is 1. The number of nitrogens with two attached hydrogens (primary N) is 1. The highest BCUT2D eigenvalue weighted by molar-refractivity contribution is 7.92. The van der Waals surface area contributed by atoms with Gasteiger partial charge in [0.1, 0.15) is 0 Å². The molecular weight excluding hydrogens is 304 g/mol. The van der Waals surface area contributed by atoms with Gasteiger partial charge in [0.2, 0.25) is 0 Å². The number of rotatable bonds is 7. The Hall–Kier alpha value is -0.860. The number of guanidine groups is 1. The fourth-order valence-corrected chi connectivity index (χ4v) is 2.98. The van der Waals surface area contributed by atoms with Crippen molar-refractivity contribution in [3.8, 4) is 0 Å². The molecule has 0 aliphatic carbocycles. The number of morpholine rings is 1. The predicted octanol–water partition coefficient (Wildman–Crippen LogP) is -0.174. The molecule has 0 aromatic carbocycles. The van der Waals surface area contributed by atoms with Crippen LogP contribution in [0.2, 0.25) is 0 Å². The van der Waals surface area contributed by atoms with Crippen molar-refractivity contribution >= 4 is 15.8 Å². The second-order valence-electron chi connectivity index (χ2n) is 6.43. The molecule has 0 saturated carbocycles. The maximum absolute atomic E-state index is 11.9. The summed E-state index contributed by atoms with van der Waals surface area (Å²) in [4.78, 5) is 6.57. The SMILES string of the molecule is CC(C)(C)S(=O)(=O)CCNC(N)=NCCCN1CCOCC1. The lowest BCUT2D eigenvalue weighted by molar-refractivity contribution is 0.0377. The Morgan fingerprint density at radius 2 is 1.95 bits per heavy atom. The summed E-state index contributed by atoms with van der Waals surface area (Å²) in [7, 11) is -3.12. The van der Waals surface area contributed by atoms with E-state index in [2.05, 4.69) is 15.2 Å². The highest BCUT2D eigenvalue weighted by atomic mass is 32.2. The molecule has 1 aliphatic heterocycles. The number of hydrogen-bond acceptors (Lipinski definition) is 5. The van der Waals surface area contributed by atoms with Gasteiger partial charge in [0.25, 0.3) is 0 Å². The van der Waals surface area contributed by atoms with Gasteiger partial charge >= 0.3 is 0 Å². The molecule has 130 valence electrons. The Morgan fingerprint density at radius 3 is 2.55 bits per heavy atom. The van der Waals surface area contributed by atoms with Gasteiger partial charge in [-0.1, -0.05) is 0 Å². The van der Waals surface area contributed by atoms with Crippen LogP contribution in [0.3, 0.4) is 0 Å². The maximum Gasteiger partial charge on any atom is 0.188 e. The van der Waals surface area contributed by atoms with Crippen LogP contribution in [-0.4, -0.2) is 75.7 Å². The molecule has 0 radical (unpaired) electrons. The van der Waals surface area contributed by atoms with Crippen molar-refractivity contribution in [3.05, 3.63) is 0 Å². The van der Waals surface area contributed by atoms with Crippen molar-refractivity contribution in [2.45, 2.75) is 31.9 Å². The van der Waals surface area contributed by atoms with Crippen LogP contribution in [0.5, 0.6) is 0 Å². The Labute approximate surface area is 134 Å². The van der Waals surface area contributed by atoms with Crippen molar-refractivity contribution in [2.24, 2.45) is 10.7 Å². The zero-order valence-corrected chi connectivity index (χ0v) is 14.8. The smallest absolute Gasteiger partial charge is 0.188 e. The van der Waals surface area contributed by atoms with Crippen LogP contribution in [0.1, 0.15) is 27.2 Å². The van der Waals surface area contributed by atoms with E-state index in [-0.39, 0.29) is 5.75 Å². The molecule has 3 N–H and O–H groups in total. The first kappa shape index (κ1) is 19.2. The molecule has 1 saturated heterocycles. The first-order chi connectivity index (χ1) is 10.2. The van der Waals surface area contributed by atoms with Gasteiger partial charge in [-0.3, -0.25) is 9.89 Å². The van der Waals surface area contributed by atoms with Gasteiger partial charge in [-0.25, -0.2) is 8.42 Å². The third-order valence-electron chi connectivity index (χ3n) is 3.63. The van der Waals surface area contributed by atoms with E-state index in [1.165, 1.54) is 0 Å². The number of nitrogens with one attached hydrogen (secondary N) is 1. The van der Waals surface area contributed by atoms with Gasteiger partial charge in [0, 0.05) is 32.7 Å². The van der Waals surface area contributed by atoms with E-state index >= 15 is 0 Å². The molecular formula is C14H30N4O3S. The minimum atomic E-state index is -3.12. The molecule has 0 atom stereocenters. The number of aliphatic imine (C=N–C) groups is 1. The minimum absolute atomic E-state index is 0.0560. The Bertz CT molecular complexity index is 451. The molecule has 0 aromatic heterocycles. The van der Waals surface area contributed by atoms with Crippen molar-refractivity contribution in [1.82, 2.24) is 10.2 Å². The summed E-state index contributed by atoms with van der Waals surface area (Å²) in [5.74, 6) is 0.367. The van der Waals surface area contributed by atoms with E-state index in [1.807, 2.05) is 0 Å². The molecule has 1 heterocycles. The summed E-state index contributed by atoms with van der Waals surface area (Å²) in [5, 5.41) is 2.86. The predicted molar refractivity (Wildman–Crippen MR) is 89.9 cm³/mol. The quantitative estimate of drug-likeness (QED) is 0.381. The van der Waals surface area contributed by atoms with E-state index in [1.54, 1.807) is 20.8 Å². The fourth-order valence-electron chi connectivity index (χ4n) is 1.99. The molecule has 8 heteroatoms. The normalized spacial score (nSPS) is 18.4. The third kappa shape index (κ3) is 6.93. The molecule has 22 heavy (non-hydrogen) atoms. The monoisotopic (exact) mass is 334 g/mol. The standard InChI is InChI=1S/C14H30N4O3S/c1-14(2,3)22(19,20)12-6-17-13(15)16-5-4-7-18-8-10-21-11-9-18/h4-12H2,1-3H3,(H3,15,16,17). The fraction of sp³-hybridized carbons (Fsp3) is 0.929. The Balaban J connectivity index is 2.17. The molecule has 1 fully saturated rings. The first-order valence-electron chi connectivity index (χ1n) is 7.78. The number of hydrogen-bond donors (Lipinski definition) is 2. The molecule has 0 bridgehead atoms. The molecule has 0 aromatic rings. The van der Waals surface area contributed by atoms with Crippen LogP contribution in [0, 0.1) is 0 Å². The molecule has 1 rings (SSSR count). The summed E-state index contributed by atoms with van der Waals surface area (Å²) >= 11 is 0. The highest BCUT2D eigenvalue weighted by Gasteiger charge is 2.28. The average molecular weight is 334 g/mol. The summed E-state index contributed by atoms with van der Waals surface area (Å²) in [5.41, 5.74) is 5.74. The van der Waals surface area contributed by atoms with Crippen LogP contribution < -0.4 is 11.1 Å². The Kier molecular flexibility index (Phi) is 7.58. The van der Waals surface area contributed by atoms with Crippen LogP contribution in [0.25, 0.3) is 0 Å². The van der Waals surface area contributed by atoms with Crippen LogP contribution in [0.4, 0.5) is 0 Å². The second kappa shape index (κ2) is 8.69. The van der Waals surface area contributed by atoms with Crippen LogP contribution in [0.15, 0.2) is 4.99 Å². The largest absolute Gasteiger partial charge is 0.379 e. The van der Waals surface area contributed by atoms with Gasteiger partial charge < -0.3 is 15.8 Å². The lowest BCUT2D eigenvalue weighted by Crippen LogP contribution is -2.39. The second-order valence-corrected chi connectivity index (χ2v) is 9.30. The van der Waals surface area contributed by atoms with E-state index in [0.717, 1.165) is 39.3 Å². The zero-order valence-electron chi connectivity index (χ0n) is 14.0. The van der Waals surface area contributed by atoms with Gasteiger partial charge in [0.05, 0.1) is 23.7 Å². The summed E-state index contributed by atoms with van der Waals surface area (Å²) in [6, 6.07) is 0. The molecule has 0 unspecified atom stereocenters. The number of sulfone groups is 1. The van der Waals surface area contributed by atoms with Crippen LogP contribution >= 0.6 is 0 Å². The molecule has 0 amide bonds. The van der Waals surface area contributed by atoms with Gasteiger partial charge in [-0.05, 0) is 27.2 Å². The topological polar surface area (TPSA) is 97.0 Å². The van der Waals surface area contributed by atoms with Crippen LogP contribution in [-0.2, 0) is 14.6 Å². The van der Waals surface area contributed by atoms with E-state index in [4.69, 9.17) is 10.5 Å². The van der Waals surface area contributed by atoms with Crippen molar-refractivity contribution < 1.29 is 13.2 Å². The highest BCUT2D eigenvalue weighted by Crippen LogP contribution is 2.15. The average Bonchev–Trinajstić information content (AvgIpc) is 2.43. The summed E-state index contributed by atoms with van der Waals surface area (Å²) < 4.78 is 28.4. The van der Waals surface area contributed by atoms with E-state index in [0.29, 0.717) is 19.0 Å². The van der Waals surface area contributed by atoms with E-state index < -0.39 is 14.6 Å². The molecule has 1 aliphatic rings. The van der Waals surface area contributed by atoms with Gasteiger partial charge in [0.15, 0.2) is 15.8 Å². The minimum Gasteiger partial charge on any atom is -0.379 e. The van der Waals surface area contributed by atoms with Crippen molar-refractivity contribution in [1.29, 1.82) is 0 Å². The summed E-state index contributed by atoms with van der Waals surface area (Å²) in [6.07, 6.45) is 0.933. The Morgan fingerprint density at radius 1 is 1.32 bits per heavy atom. The summed E-state index contributed by atoms with van der Waals surface area (Å²) in [6.45, 7) is 10.6. The lowest BCUT2D eigenvalue weighted by Gasteiger charge is -2.26. The lowest BCUT2D eigenvalue weighted by atomic mass is 10.3. The zero-order chi connectivity index (χ0) is 16.6. The number of nitrogens with zero attached hydrogens (tertiary/aromatic N) is 2. The first-order valence-corrected chi connectivity index (χ1v) is 9.44. The molecule has 0 spiro atoms. The van der Waals surface area contributed by atoms with E-state index in [9.17, 15) is 8.42 Å². The van der Waals surface area contributed by atoms with Gasteiger partial charge in [-0.15, -0.1) is 0 Å². The maximum atomic E-state index is 11.9. The van der Waals surface area contributed by atoms with Crippen molar-refractivity contribution in [2.75, 3.05) is 51.7 Å².